The topological polar surface area (TPSA) is 0 Å². The van der Waals surface area contributed by atoms with Gasteiger partial charge in [-0.15, -0.1) is 0 Å². The SMILES string of the molecule is Cc1ccccc1C(=C1C2C=CC1CC2)c1ccccc1. The van der Waals surface area contributed by atoms with Gasteiger partial charge in [-0.3, -0.25) is 0 Å². The van der Waals surface area contributed by atoms with Crippen LogP contribution in [0.2, 0.25) is 0 Å². The summed E-state index contributed by atoms with van der Waals surface area (Å²) < 4.78 is 0. The monoisotopic (exact) mass is 272 g/mol. The first kappa shape index (κ1) is 12.6. The Kier molecular flexibility index (Phi) is 3.03. The van der Waals surface area contributed by atoms with Crippen molar-refractivity contribution in [1.29, 1.82) is 0 Å². The first-order valence-electron chi connectivity index (χ1n) is 7.88. The molecule has 0 nitrogen and oxygen atoms in total. The van der Waals surface area contributed by atoms with Gasteiger partial charge in [0.25, 0.3) is 0 Å². The number of allylic oxidation sites excluding steroid dienone is 3. The van der Waals surface area contributed by atoms with Gasteiger partial charge in [0, 0.05) is 0 Å². The quantitative estimate of drug-likeness (QED) is 0.643. The van der Waals surface area contributed by atoms with E-state index in [-0.39, 0.29) is 0 Å². The molecule has 2 atom stereocenters. The van der Waals surface area contributed by atoms with E-state index in [0.717, 1.165) is 0 Å². The Balaban J connectivity index is 1.97. The van der Waals surface area contributed by atoms with Crippen LogP contribution in [0.4, 0.5) is 0 Å². The average Bonchev–Trinajstić information content (AvgIpc) is 3.11. The Morgan fingerprint density at radius 1 is 0.810 bits per heavy atom. The first-order chi connectivity index (χ1) is 10.3. The Bertz CT molecular complexity index is 703. The van der Waals surface area contributed by atoms with Crippen LogP contribution in [0.25, 0.3) is 5.57 Å². The van der Waals surface area contributed by atoms with Crippen molar-refractivity contribution in [2.45, 2.75) is 19.8 Å². The zero-order valence-electron chi connectivity index (χ0n) is 12.4. The van der Waals surface area contributed by atoms with Crippen LogP contribution >= 0.6 is 0 Å². The van der Waals surface area contributed by atoms with Crippen LogP contribution in [0.5, 0.6) is 0 Å². The van der Waals surface area contributed by atoms with Crippen LogP contribution in [0, 0.1) is 18.8 Å². The van der Waals surface area contributed by atoms with Crippen molar-refractivity contribution in [2.24, 2.45) is 11.8 Å². The minimum Gasteiger partial charge on any atom is -0.0807 e. The first-order valence-corrected chi connectivity index (χ1v) is 7.88. The van der Waals surface area contributed by atoms with E-state index < -0.39 is 0 Å². The highest BCUT2D eigenvalue weighted by Gasteiger charge is 2.35. The molecule has 0 aliphatic heterocycles. The molecule has 0 radical (unpaired) electrons. The zero-order chi connectivity index (χ0) is 14.2. The van der Waals surface area contributed by atoms with Gasteiger partial charge in [-0.25, -0.2) is 0 Å². The highest BCUT2D eigenvalue weighted by atomic mass is 14.4. The van der Waals surface area contributed by atoms with E-state index >= 15 is 0 Å². The smallest absolute Gasteiger partial charge is 0.000738 e. The van der Waals surface area contributed by atoms with Gasteiger partial charge in [-0.2, -0.15) is 0 Å². The molecule has 2 unspecified atom stereocenters. The van der Waals surface area contributed by atoms with E-state index in [1.54, 1.807) is 5.57 Å². The van der Waals surface area contributed by atoms with Crippen LogP contribution < -0.4 is 0 Å². The van der Waals surface area contributed by atoms with Gasteiger partial charge in [0.05, 0.1) is 0 Å². The van der Waals surface area contributed by atoms with Crippen molar-refractivity contribution >= 4 is 5.57 Å². The number of benzene rings is 2. The molecule has 104 valence electrons. The van der Waals surface area contributed by atoms with Crippen LogP contribution in [0.1, 0.15) is 29.5 Å². The summed E-state index contributed by atoms with van der Waals surface area (Å²) in [5, 5.41) is 0. The van der Waals surface area contributed by atoms with Gasteiger partial charge >= 0.3 is 0 Å². The van der Waals surface area contributed by atoms with Crippen molar-refractivity contribution < 1.29 is 0 Å². The lowest BCUT2D eigenvalue weighted by molar-refractivity contribution is 0.705. The molecule has 0 aromatic heterocycles. The lowest BCUT2D eigenvalue weighted by atomic mass is 9.86. The number of hydrogen-bond acceptors (Lipinski definition) is 0. The predicted molar refractivity (Wildman–Crippen MR) is 89.0 cm³/mol. The van der Waals surface area contributed by atoms with Crippen LogP contribution in [-0.2, 0) is 0 Å². The summed E-state index contributed by atoms with van der Waals surface area (Å²) in [6.45, 7) is 2.23. The fourth-order valence-electron chi connectivity index (χ4n) is 3.92. The largest absolute Gasteiger partial charge is 0.0807 e. The van der Waals surface area contributed by atoms with Crippen molar-refractivity contribution in [1.82, 2.24) is 0 Å². The standard InChI is InChI=1S/C21H20/c1-15-7-5-6-10-19(15)21(16-8-3-2-4-9-16)20-17-11-12-18(20)14-13-17/h2-12,17-18H,13-14H2,1H3. The Labute approximate surface area is 126 Å². The summed E-state index contributed by atoms with van der Waals surface area (Å²) in [5.74, 6) is 1.31. The second-order valence-corrected chi connectivity index (χ2v) is 6.19. The third kappa shape index (κ3) is 2.06. The maximum absolute atomic E-state index is 2.42. The van der Waals surface area contributed by atoms with Gasteiger partial charge in [0.1, 0.15) is 0 Å². The van der Waals surface area contributed by atoms with E-state index in [1.165, 1.54) is 35.1 Å². The van der Waals surface area contributed by atoms with E-state index in [0.29, 0.717) is 11.8 Å². The Hall–Kier alpha value is -2.08. The summed E-state index contributed by atoms with van der Waals surface area (Å²) in [4.78, 5) is 0. The summed E-state index contributed by atoms with van der Waals surface area (Å²) in [6.07, 6.45) is 7.48. The third-order valence-corrected chi connectivity index (χ3v) is 4.93. The number of rotatable bonds is 2. The molecular formula is C21H20. The number of hydrogen-bond donors (Lipinski definition) is 0. The lowest BCUT2D eigenvalue weighted by Crippen LogP contribution is -2.01. The minimum atomic E-state index is 0.657. The van der Waals surface area contributed by atoms with Gasteiger partial charge in [-0.1, -0.05) is 66.7 Å². The summed E-state index contributed by atoms with van der Waals surface area (Å²) >= 11 is 0. The molecule has 0 amide bonds. The van der Waals surface area contributed by atoms with Crippen LogP contribution in [0.15, 0.2) is 72.3 Å². The fraction of sp³-hybridized carbons (Fsp3) is 0.238. The molecule has 2 aliphatic rings. The normalized spacial score (nSPS) is 22.8. The Morgan fingerprint density at radius 3 is 2.05 bits per heavy atom. The molecule has 0 N–H and O–H groups in total. The lowest BCUT2D eigenvalue weighted by Gasteiger charge is -2.18. The second kappa shape index (κ2) is 5.04. The zero-order valence-corrected chi connectivity index (χ0v) is 12.4. The highest BCUT2D eigenvalue weighted by molar-refractivity contribution is 5.85. The van der Waals surface area contributed by atoms with E-state index in [1.807, 2.05) is 0 Å². The van der Waals surface area contributed by atoms with Crippen molar-refractivity contribution in [3.63, 3.8) is 0 Å². The summed E-state index contributed by atoms with van der Waals surface area (Å²) in [6, 6.07) is 19.7. The Morgan fingerprint density at radius 2 is 1.43 bits per heavy atom. The molecule has 1 fully saturated rings. The highest BCUT2D eigenvalue weighted by Crippen LogP contribution is 2.49. The summed E-state index contributed by atoms with van der Waals surface area (Å²) in [7, 11) is 0. The fourth-order valence-corrected chi connectivity index (χ4v) is 3.92. The van der Waals surface area contributed by atoms with Gasteiger partial charge in [0.2, 0.25) is 0 Å². The molecule has 2 bridgehead atoms. The minimum absolute atomic E-state index is 0.657. The molecule has 4 rings (SSSR count). The number of aryl methyl sites for hydroxylation is 1. The van der Waals surface area contributed by atoms with E-state index in [4.69, 9.17) is 0 Å². The molecule has 1 saturated carbocycles. The molecule has 21 heavy (non-hydrogen) atoms. The van der Waals surface area contributed by atoms with E-state index in [9.17, 15) is 0 Å². The molecule has 2 aromatic rings. The van der Waals surface area contributed by atoms with Crippen LogP contribution in [0.3, 0.4) is 0 Å². The van der Waals surface area contributed by atoms with Gasteiger partial charge in [0.15, 0.2) is 0 Å². The van der Waals surface area contributed by atoms with Gasteiger partial charge < -0.3 is 0 Å². The molecule has 0 heteroatoms. The molecule has 0 saturated heterocycles. The maximum Gasteiger partial charge on any atom is -0.000738 e. The second-order valence-electron chi connectivity index (χ2n) is 6.19. The molecule has 2 aliphatic carbocycles. The van der Waals surface area contributed by atoms with Crippen LogP contribution in [-0.4, -0.2) is 0 Å². The predicted octanol–water partition coefficient (Wildman–Crippen LogP) is 5.39. The van der Waals surface area contributed by atoms with Crippen molar-refractivity contribution in [3.8, 4) is 0 Å². The molecule has 2 aromatic carbocycles. The molecule has 0 spiro atoms. The average molecular weight is 272 g/mol. The molecule has 0 heterocycles. The number of fused-ring (bicyclic) bond motifs is 2. The summed E-state index contributed by atoms with van der Waals surface area (Å²) in [5.41, 5.74) is 7.26. The third-order valence-electron chi connectivity index (χ3n) is 4.93. The van der Waals surface area contributed by atoms with Gasteiger partial charge in [-0.05, 0) is 59.4 Å². The molecular weight excluding hydrogens is 252 g/mol. The van der Waals surface area contributed by atoms with E-state index in [2.05, 4.69) is 73.7 Å². The van der Waals surface area contributed by atoms with Crippen molar-refractivity contribution in [3.05, 3.63) is 89.0 Å². The maximum atomic E-state index is 2.42. The van der Waals surface area contributed by atoms with Crippen molar-refractivity contribution in [2.75, 3.05) is 0 Å².